The Hall–Kier alpha value is -1.32. The van der Waals surface area contributed by atoms with Crippen LogP contribution in [-0.4, -0.2) is 40.4 Å². The highest BCUT2D eigenvalue weighted by molar-refractivity contribution is 7.91. The molecule has 7 nitrogen and oxygen atoms in total. The van der Waals surface area contributed by atoms with Crippen molar-refractivity contribution in [3.63, 3.8) is 0 Å². The van der Waals surface area contributed by atoms with Crippen molar-refractivity contribution in [2.45, 2.75) is 17.4 Å². The molecule has 1 aliphatic rings. The Labute approximate surface area is 127 Å². The first kappa shape index (κ1) is 16.1. The third-order valence-corrected chi connectivity index (χ3v) is 6.52. The van der Waals surface area contributed by atoms with E-state index >= 15 is 0 Å². The largest absolute Gasteiger partial charge is 0.334 e. The summed E-state index contributed by atoms with van der Waals surface area (Å²) in [5.41, 5.74) is 0. The molecular weight excluding hydrogens is 340 g/mol. The molecule has 0 spiro atoms. The first-order valence-electron chi connectivity index (χ1n) is 5.98. The van der Waals surface area contributed by atoms with Crippen molar-refractivity contribution in [2.75, 3.05) is 11.5 Å². The Morgan fingerprint density at radius 2 is 1.95 bits per heavy atom. The fourth-order valence-electron chi connectivity index (χ4n) is 1.96. The van der Waals surface area contributed by atoms with Crippen LogP contribution in [0, 0.1) is 0 Å². The maximum Gasteiger partial charge on any atom is 0.328 e. The maximum atomic E-state index is 12.0. The smallest absolute Gasteiger partial charge is 0.328 e. The van der Waals surface area contributed by atoms with Gasteiger partial charge in [0, 0.05) is 6.04 Å². The summed E-state index contributed by atoms with van der Waals surface area (Å²) >= 11 is 5.77. The molecule has 0 aliphatic carbocycles. The normalized spacial score (nSPS) is 20.9. The Kier molecular flexibility index (Phi) is 4.45. The van der Waals surface area contributed by atoms with Crippen molar-refractivity contribution < 1.29 is 21.6 Å². The predicted octanol–water partition coefficient (Wildman–Crippen LogP) is 0.515. The summed E-state index contributed by atoms with van der Waals surface area (Å²) in [4.78, 5) is 11.4. The van der Waals surface area contributed by atoms with Gasteiger partial charge in [0.15, 0.2) is 9.84 Å². The standard InChI is InChI=1S/C11H13ClN2O5S2/c12-9-3-1-2-4-10(9)21(18,19)14-11(15)13-8-5-6-20(16,17)7-8/h1-4,8H,5-7H2,(H2,13,14,15)/t8-/m0/s1. The van der Waals surface area contributed by atoms with Gasteiger partial charge in [0.1, 0.15) is 4.90 Å². The Bertz CT molecular complexity index is 761. The van der Waals surface area contributed by atoms with E-state index in [0.29, 0.717) is 0 Å². The Morgan fingerprint density at radius 1 is 1.29 bits per heavy atom. The SMILES string of the molecule is O=C(N[C@H]1CCS(=O)(=O)C1)NS(=O)(=O)c1ccccc1Cl. The van der Waals surface area contributed by atoms with E-state index < -0.39 is 31.9 Å². The summed E-state index contributed by atoms with van der Waals surface area (Å²) in [6, 6.07) is 4.12. The van der Waals surface area contributed by atoms with E-state index in [1.165, 1.54) is 18.2 Å². The minimum absolute atomic E-state index is 0.0127. The molecule has 0 radical (unpaired) electrons. The summed E-state index contributed by atoms with van der Waals surface area (Å²) in [7, 11) is -7.26. The van der Waals surface area contributed by atoms with Gasteiger partial charge in [-0.3, -0.25) is 0 Å². The van der Waals surface area contributed by atoms with E-state index in [0.717, 1.165) is 0 Å². The molecule has 1 atom stereocenters. The van der Waals surface area contributed by atoms with Crippen molar-refractivity contribution in [1.82, 2.24) is 10.0 Å². The van der Waals surface area contributed by atoms with Gasteiger partial charge in [-0.25, -0.2) is 26.4 Å². The lowest BCUT2D eigenvalue weighted by Crippen LogP contribution is -2.44. The second kappa shape index (κ2) is 5.82. The summed E-state index contributed by atoms with van der Waals surface area (Å²) in [6.45, 7) is 0. The van der Waals surface area contributed by atoms with Gasteiger partial charge in [-0.1, -0.05) is 23.7 Å². The number of nitrogens with one attached hydrogen (secondary N) is 2. The van der Waals surface area contributed by atoms with Crippen LogP contribution in [0.3, 0.4) is 0 Å². The summed E-state index contributed by atoms with van der Waals surface area (Å²) in [5.74, 6) is -0.207. The molecule has 1 fully saturated rings. The number of sulfone groups is 1. The van der Waals surface area contributed by atoms with E-state index in [1.807, 2.05) is 4.72 Å². The lowest BCUT2D eigenvalue weighted by molar-refractivity contribution is 0.243. The zero-order valence-corrected chi connectivity index (χ0v) is 13.1. The van der Waals surface area contributed by atoms with E-state index in [2.05, 4.69) is 5.32 Å². The molecule has 1 saturated heterocycles. The van der Waals surface area contributed by atoms with E-state index in [-0.39, 0.29) is 27.8 Å². The molecule has 21 heavy (non-hydrogen) atoms. The number of carbonyl (C=O) groups excluding carboxylic acids is 1. The van der Waals surface area contributed by atoms with Crippen LogP contribution in [0.2, 0.25) is 5.02 Å². The average molecular weight is 353 g/mol. The second-order valence-electron chi connectivity index (χ2n) is 4.61. The first-order chi connectivity index (χ1) is 9.70. The maximum absolute atomic E-state index is 12.0. The van der Waals surface area contributed by atoms with Crippen LogP contribution in [0.1, 0.15) is 6.42 Å². The number of hydrogen-bond acceptors (Lipinski definition) is 5. The van der Waals surface area contributed by atoms with Gasteiger partial charge in [0.25, 0.3) is 10.0 Å². The molecule has 1 aromatic rings. The van der Waals surface area contributed by atoms with Gasteiger partial charge in [0.2, 0.25) is 0 Å². The highest BCUT2D eigenvalue weighted by atomic mass is 35.5. The minimum Gasteiger partial charge on any atom is -0.334 e. The van der Waals surface area contributed by atoms with Crippen molar-refractivity contribution in [3.05, 3.63) is 29.3 Å². The number of amides is 2. The van der Waals surface area contributed by atoms with Crippen LogP contribution < -0.4 is 10.0 Å². The third-order valence-electron chi connectivity index (χ3n) is 2.92. The highest BCUT2D eigenvalue weighted by Crippen LogP contribution is 2.20. The van der Waals surface area contributed by atoms with Crippen LogP contribution in [0.5, 0.6) is 0 Å². The molecular formula is C11H13ClN2O5S2. The van der Waals surface area contributed by atoms with Crippen molar-refractivity contribution in [2.24, 2.45) is 0 Å². The predicted molar refractivity (Wildman–Crippen MR) is 77.4 cm³/mol. The molecule has 1 aliphatic heterocycles. The van der Waals surface area contributed by atoms with Crippen LogP contribution in [0.25, 0.3) is 0 Å². The fraction of sp³-hybridized carbons (Fsp3) is 0.364. The molecule has 0 aromatic heterocycles. The molecule has 0 saturated carbocycles. The summed E-state index contributed by atoms with van der Waals surface area (Å²) in [6.07, 6.45) is 0.266. The molecule has 116 valence electrons. The van der Waals surface area contributed by atoms with Gasteiger partial charge in [0.05, 0.1) is 16.5 Å². The molecule has 1 aromatic carbocycles. The first-order valence-corrected chi connectivity index (χ1v) is 9.66. The van der Waals surface area contributed by atoms with Crippen LogP contribution >= 0.6 is 11.6 Å². The van der Waals surface area contributed by atoms with E-state index in [1.54, 1.807) is 6.07 Å². The lowest BCUT2D eigenvalue weighted by atomic mass is 10.3. The van der Waals surface area contributed by atoms with Gasteiger partial charge < -0.3 is 5.32 Å². The lowest BCUT2D eigenvalue weighted by Gasteiger charge is -2.12. The number of hydrogen-bond donors (Lipinski definition) is 2. The quantitative estimate of drug-likeness (QED) is 0.824. The number of halogens is 1. The Morgan fingerprint density at radius 3 is 2.52 bits per heavy atom. The van der Waals surface area contributed by atoms with E-state index in [4.69, 9.17) is 11.6 Å². The molecule has 10 heteroatoms. The topological polar surface area (TPSA) is 109 Å². The van der Waals surface area contributed by atoms with E-state index in [9.17, 15) is 21.6 Å². The second-order valence-corrected chi connectivity index (χ2v) is 8.90. The van der Waals surface area contributed by atoms with Gasteiger partial charge in [-0.05, 0) is 18.6 Å². The van der Waals surface area contributed by atoms with Crippen LogP contribution in [0.4, 0.5) is 4.79 Å². The summed E-state index contributed by atoms with van der Waals surface area (Å²) in [5, 5.41) is 2.32. The molecule has 2 N–H and O–H groups in total. The van der Waals surface area contributed by atoms with Crippen molar-refractivity contribution >= 4 is 37.5 Å². The molecule has 2 rings (SSSR count). The van der Waals surface area contributed by atoms with Gasteiger partial charge >= 0.3 is 6.03 Å². The fourth-order valence-corrected chi connectivity index (χ4v) is 5.07. The zero-order valence-electron chi connectivity index (χ0n) is 10.7. The highest BCUT2D eigenvalue weighted by Gasteiger charge is 2.30. The van der Waals surface area contributed by atoms with Gasteiger partial charge in [-0.15, -0.1) is 0 Å². The molecule has 0 bridgehead atoms. The van der Waals surface area contributed by atoms with Crippen molar-refractivity contribution in [1.29, 1.82) is 0 Å². The van der Waals surface area contributed by atoms with Gasteiger partial charge in [-0.2, -0.15) is 0 Å². The van der Waals surface area contributed by atoms with Crippen molar-refractivity contribution in [3.8, 4) is 0 Å². The summed E-state index contributed by atoms with van der Waals surface area (Å²) < 4.78 is 48.3. The van der Waals surface area contributed by atoms with Crippen LogP contribution in [-0.2, 0) is 19.9 Å². The average Bonchev–Trinajstić information content (AvgIpc) is 2.67. The zero-order chi connectivity index (χ0) is 15.7. The molecule has 0 unspecified atom stereocenters. The monoisotopic (exact) mass is 352 g/mol. The molecule has 2 amide bonds. The number of urea groups is 1. The molecule has 1 heterocycles. The minimum atomic E-state index is -4.10. The number of sulfonamides is 1. The number of carbonyl (C=O) groups is 1. The number of benzene rings is 1. The van der Waals surface area contributed by atoms with Crippen LogP contribution in [0.15, 0.2) is 29.2 Å². The third kappa shape index (κ3) is 4.08. The number of rotatable bonds is 3. The Balaban J connectivity index is 2.04.